The van der Waals surface area contributed by atoms with Gasteiger partial charge < -0.3 is 9.29 Å². The molecule has 2 aliphatic rings. The molecule has 0 aliphatic carbocycles. The fraction of sp³-hybridized carbons (Fsp3) is 1.00. The summed E-state index contributed by atoms with van der Waals surface area (Å²) in [6.07, 6.45) is 1.01. The average Bonchev–Trinajstić information content (AvgIpc) is 2.18. The normalized spacial score (nSPS) is 39.9. The first kappa shape index (κ1) is 10.7. The SMILES string of the molecule is CN(C)N1CC[S+]([O-])C2COCCC21. The van der Waals surface area contributed by atoms with E-state index in [9.17, 15) is 4.55 Å². The second-order valence-electron chi connectivity index (χ2n) is 4.06. The molecule has 2 fully saturated rings. The van der Waals surface area contributed by atoms with Gasteiger partial charge in [0.2, 0.25) is 0 Å². The van der Waals surface area contributed by atoms with Crippen molar-refractivity contribution in [3.8, 4) is 0 Å². The molecule has 3 atom stereocenters. The van der Waals surface area contributed by atoms with Crippen molar-refractivity contribution in [2.75, 3.05) is 39.6 Å². The highest BCUT2D eigenvalue weighted by molar-refractivity contribution is 7.92. The van der Waals surface area contributed by atoms with Gasteiger partial charge in [-0.2, -0.15) is 0 Å². The predicted molar refractivity (Wildman–Crippen MR) is 56.4 cm³/mol. The van der Waals surface area contributed by atoms with Gasteiger partial charge in [0.25, 0.3) is 0 Å². The van der Waals surface area contributed by atoms with Crippen LogP contribution in [0.1, 0.15) is 6.42 Å². The van der Waals surface area contributed by atoms with Crippen LogP contribution in [0.15, 0.2) is 0 Å². The Kier molecular flexibility index (Phi) is 3.34. The third kappa shape index (κ3) is 1.92. The highest BCUT2D eigenvalue weighted by atomic mass is 32.2. The summed E-state index contributed by atoms with van der Waals surface area (Å²) in [5, 5.41) is 4.67. The number of hydrazine groups is 1. The van der Waals surface area contributed by atoms with Crippen LogP contribution in [0.4, 0.5) is 0 Å². The Balaban J connectivity index is 2.08. The minimum Gasteiger partial charge on any atom is -0.616 e. The van der Waals surface area contributed by atoms with Crippen LogP contribution < -0.4 is 0 Å². The lowest BCUT2D eigenvalue weighted by atomic mass is 10.1. The number of nitrogens with zero attached hydrogens (tertiary/aromatic N) is 2. The van der Waals surface area contributed by atoms with Crippen LogP contribution in [0.3, 0.4) is 0 Å². The summed E-state index contributed by atoms with van der Waals surface area (Å²) in [5.41, 5.74) is 0. The van der Waals surface area contributed by atoms with Crippen molar-refractivity contribution in [1.29, 1.82) is 0 Å². The summed E-state index contributed by atoms with van der Waals surface area (Å²) in [6, 6.07) is 0.424. The second-order valence-corrected chi connectivity index (χ2v) is 5.84. The topological polar surface area (TPSA) is 38.8 Å². The van der Waals surface area contributed by atoms with E-state index in [0.29, 0.717) is 12.6 Å². The molecule has 0 aromatic carbocycles. The van der Waals surface area contributed by atoms with E-state index in [4.69, 9.17) is 4.74 Å². The zero-order valence-corrected chi connectivity index (χ0v) is 9.63. The van der Waals surface area contributed by atoms with E-state index in [1.165, 1.54) is 0 Å². The van der Waals surface area contributed by atoms with Crippen molar-refractivity contribution in [3.05, 3.63) is 0 Å². The van der Waals surface area contributed by atoms with Gasteiger partial charge >= 0.3 is 0 Å². The molecule has 0 aromatic heterocycles. The van der Waals surface area contributed by atoms with Gasteiger partial charge in [-0.1, -0.05) is 0 Å². The monoisotopic (exact) mass is 218 g/mol. The second kappa shape index (κ2) is 4.37. The molecular formula is C9H18N2O2S. The van der Waals surface area contributed by atoms with Gasteiger partial charge in [0.1, 0.15) is 5.75 Å². The molecule has 2 aliphatic heterocycles. The molecule has 3 unspecified atom stereocenters. The maximum absolute atomic E-state index is 11.8. The molecule has 2 heterocycles. The molecule has 5 heteroatoms. The molecule has 2 rings (SSSR count). The Morgan fingerprint density at radius 1 is 1.50 bits per heavy atom. The molecule has 14 heavy (non-hydrogen) atoms. The minimum atomic E-state index is -0.687. The van der Waals surface area contributed by atoms with Gasteiger partial charge in [-0.3, -0.25) is 0 Å². The van der Waals surface area contributed by atoms with Crippen LogP contribution in [0.5, 0.6) is 0 Å². The molecule has 0 N–H and O–H groups in total. The molecule has 0 spiro atoms. The fourth-order valence-corrected chi connectivity index (χ4v) is 3.83. The summed E-state index contributed by atoms with van der Waals surface area (Å²) in [4.78, 5) is 0. The van der Waals surface area contributed by atoms with E-state index in [1.807, 2.05) is 0 Å². The van der Waals surface area contributed by atoms with Crippen molar-refractivity contribution in [3.63, 3.8) is 0 Å². The lowest BCUT2D eigenvalue weighted by Gasteiger charge is -2.46. The van der Waals surface area contributed by atoms with Gasteiger partial charge in [0.15, 0.2) is 5.25 Å². The van der Waals surface area contributed by atoms with Crippen LogP contribution in [0, 0.1) is 0 Å². The number of hydrogen-bond donors (Lipinski definition) is 0. The summed E-state index contributed by atoms with van der Waals surface area (Å²) >= 11 is -0.687. The molecule has 0 saturated carbocycles. The Labute approximate surface area is 88.3 Å². The first-order valence-corrected chi connectivity index (χ1v) is 6.47. The third-order valence-electron chi connectivity index (χ3n) is 3.03. The van der Waals surface area contributed by atoms with Crippen LogP contribution in [0.2, 0.25) is 0 Å². The molecule has 82 valence electrons. The summed E-state index contributed by atoms with van der Waals surface area (Å²) in [6.45, 7) is 2.39. The largest absolute Gasteiger partial charge is 0.616 e. The Bertz CT molecular complexity index is 201. The number of hydrogen-bond acceptors (Lipinski definition) is 4. The maximum Gasteiger partial charge on any atom is 0.155 e. The van der Waals surface area contributed by atoms with E-state index in [0.717, 1.165) is 25.3 Å². The minimum absolute atomic E-state index is 0.222. The smallest absolute Gasteiger partial charge is 0.155 e. The first-order valence-electron chi connectivity index (χ1n) is 5.09. The maximum atomic E-state index is 11.8. The number of fused-ring (bicyclic) bond motifs is 1. The van der Waals surface area contributed by atoms with Crippen molar-refractivity contribution < 1.29 is 9.29 Å². The van der Waals surface area contributed by atoms with E-state index in [-0.39, 0.29) is 5.25 Å². The van der Waals surface area contributed by atoms with Crippen LogP contribution in [-0.4, -0.2) is 65.5 Å². The van der Waals surface area contributed by atoms with Gasteiger partial charge in [0, 0.05) is 20.7 Å². The van der Waals surface area contributed by atoms with Gasteiger partial charge in [0.05, 0.1) is 19.2 Å². The van der Waals surface area contributed by atoms with E-state index < -0.39 is 11.2 Å². The quantitative estimate of drug-likeness (QED) is 0.566. The molecule has 2 saturated heterocycles. The third-order valence-corrected chi connectivity index (χ3v) is 4.74. The predicted octanol–water partition coefficient (Wildman–Crippen LogP) is -0.315. The van der Waals surface area contributed by atoms with Crippen LogP contribution >= 0.6 is 0 Å². The van der Waals surface area contributed by atoms with Crippen molar-refractivity contribution >= 4 is 11.2 Å². The summed E-state index contributed by atoms with van der Waals surface area (Å²) in [7, 11) is 4.11. The van der Waals surface area contributed by atoms with E-state index in [2.05, 4.69) is 24.1 Å². The lowest BCUT2D eigenvalue weighted by Crippen LogP contribution is -2.61. The van der Waals surface area contributed by atoms with Gasteiger partial charge in [-0.15, -0.1) is 0 Å². The zero-order chi connectivity index (χ0) is 10.1. The molecule has 0 amide bonds. The Morgan fingerprint density at radius 3 is 3.00 bits per heavy atom. The standard InChI is InChI=1S/C9H18N2O2S/c1-10(2)11-4-6-14(12)9-7-13-5-3-8(9)11/h8-9H,3-7H2,1-2H3. The van der Waals surface area contributed by atoms with Crippen molar-refractivity contribution in [1.82, 2.24) is 10.0 Å². The number of ether oxygens (including phenoxy) is 1. The van der Waals surface area contributed by atoms with Gasteiger partial charge in [-0.25, -0.2) is 10.0 Å². The molecular weight excluding hydrogens is 200 g/mol. The van der Waals surface area contributed by atoms with Crippen LogP contribution in [0.25, 0.3) is 0 Å². The summed E-state index contributed by atoms with van der Waals surface area (Å²) < 4.78 is 17.2. The van der Waals surface area contributed by atoms with E-state index in [1.54, 1.807) is 0 Å². The fourth-order valence-electron chi connectivity index (χ4n) is 2.29. The Morgan fingerprint density at radius 2 is 2.29 bits per heavy atom. The zero-order valence-electron chi connectivity index (χ0n) is 8.81. The highest BCUT2D eigenvalue weighted by Gasteiger charge is 2.43. The lowest BCUT2D eigenvalue weighted by molar-refractivity contribution is -0.0601. The Hall–Kier alpha value is 0.190. The van der Waals surface area contributed by atoms with Crippen molar-refractivity contribution in [2.45, 2.75) is 17.7 Å². The highest BCUT2D eigenvalue weighted by Crippen LogP contribution is 2.26. The molecule has 0 radical (unpaired) electrons. The summed E-state index contributed by atoms with van der Waals surface area (Å²) in [5.74, 6) is 0.780. The van der Waals surface area contributed by atoms with Crippen LogP contribution in [-0.2, 0) is 15.9 Å². The first-order chi connectivity index (χ1) is 6.70. The van der Waals surface area contributed by atoms with Crippen molar-refractivity contribution in [2.24, 2.45) is 0 Å². The number of rotatable bonds is 1. The van der Waals surface area contributed by atoms with Gasteiger partial charge in [-0.05, 0) is 17.6 Å². The average molecular weight is 218 g/mol. The molecule has 0 bridgehead atoms. The molecule has 0 aromatic rings. The van der Waals surface area contributed by atoms with E-state index >= 15 is 0 Å². The molecule has 4 nitrogen and oxygen atoms in total.